The average Bonchev–Trinajstić information content (AvgIpc) is 3.70. The number of rotatable bonds is 2. The average molecular weight is 829 g/mol. The van der Waals surface area contributed by atoms with E-state index < -0.39 is 0 Å². The van der Waals surface area contributed by atoms with Crippen LogP contribution in [0.2, 0.25) is 0 Å². The minimum atomic E-state index is -0.106. The van der Waals surface area contributed by atoms with Crippen molar-refractivity contribution in [2.75, 3.05) is 9.80 Å². The third-order valence-corrected chi connectivity index (χ3v) is 16.7. The fraction of sp³-hybridized carbons (Fsp3) is 0.345. The van der Waals surface area contributed by atoms with Gasteiger partial charge in [-0.1, -0.05) is 144 Å². The summed E-state index contributed by atoms with van der Waals surface area (Å²) in [6, 6.07) is 43.4. The first kappa shape index (κ1) is 39.8. The smallest absolute Gasteiger partial charge is 0.264 e. The first-order chi connectivity index (χ1) is 29.2. The quantitative estimate of drug-likeness (QED) is 0.160. The standard InChI is InChI=1S/C58H61BN2S/c1-34-29-47-51-48(30-34)61(45-20-16-19-41-50(45)38-17-14-15-18-40(38)58(41,12)13)46-33-43-42(56(8,9)27-28-57(43,10)11)32-44(46)59(51)53-52(39-31-36(55(5,6)7)23-26-49(39)62-53)60(47)37-24-21-35(22-25-37)54(2,3)4/h14-26,29-33H,27-28H2,1-13H3. The van der Waals surface area contributed by atoms with E-state index in [0.29, 0.717) is 0 Å². The second-order valence-corrected chi connectivity index (χ2v) is 24.1. The number of aryl methyl sites for hydroxylation is 1. The summed E-state index contributed by atoms with van der Waals surface area (Å²) in [5.41, 5.74) is 23.3. The molecule has 0 amide bonds. The van der Waals surface area contributed by atoms with Crippen molar-refractivity contribution in [1.29, 1.82) is 0 Å². The SMILES string of the molecule is Cc1cc2c3c(c1)N(c1ccc(C(C)(C)C)cc1)c1c(sc4ccc(C(C)(C)C)cc14)B3c1cc3c(cc1N2c1cccc2c1-c1ccccc1C2(C)C)C(C)(C)CCC3(C)C. The summed E-state index contributed by atoms with van der Waals surface area (Å²) in [5, 5.41) is 1.36. The number of hydrogen-bond acceptors (Lipinski definition) is 3. The number of thiophene rings is 1. The van der Waals surface area contributed by atoms with Gasteiger partial charge in [-0.2, -0.15) is 0 Å². The van der Waals surface area contributed by atoms with Crippen LogP contribution in [0.1, 0.15) is 135 Å². The van der Waals surface area contributed by atoms with Gasteiger partial charge in [0.15, 0.2) is 0 Å². The lowest BCUT2D eigenvalue weighted by atomic mass is 9.35. The molecule has 1 aromatic heterocycles. The summed E-state index contributed by atoms with van der Waals surface area (Å²) < 4.78 is 2.80. The second-order valence-electron chi connectivity index (χ2n) is 23.0. The molecule has 0 spiro atoms. The van der Waals surface area contributed by atoms with E-state index in [1.165, 1.54) is 123 Å². The van der Waals surface area contributed by atoms with E-state index >= 15 is 0 Å². The highest BCUT2D eigenvalue weighted by atomic mass is 32.1. The maximum Gasteiger partial charge on any atom is 0.264 e. The molecular weight excluding hydrogens is 768 g/mol. The fourth-order valence-electron chi connectivity index (χ4n) is 11.7. The van der Waals surface area contributed by atoms with Crippen LogP contribution in [-0.4, -0.2) is 6.71 Å². The molecule has 0 atom stereocenters. The van der Waals surface area contributed by atoms with Crippen LogP contribution in [0.5, 0.6) is 0 Å². The van der Waals surface area contributed by atoms with Gasteiger partial charge in [-0.3, -0.25) is 0 Å². The van der Waals surface area contributed by atoms with Crippen molar-refractivity contribution in [2.24, 2.45) is 0 Å². The Hall–Kier alpha value is -5.06. The molecule has 6 aromatic carbocycles. The molecule has 7 aromatic rings. The Morgan fingerprint density at radius 2 is 1.18 bits per heavy atom. The summed E-state index contributed by atoms with van der Waals surface area (Å²) in [5.74, 6) is 0. The number of hydrogen-bond donors (Lipinski definition) is 0. The second kappa shape index (κ2) is 12.8. The van der Waals surface area contributed by atoms with Crippen LogP contribution in [0.4, 0.5) is 34.1 Å². The molecule has 0 unspecified atom stereocenters. The Bertz CT molecular complexity index is 3040. The molecule has 62 heavy (non-hydrogen) atoms. The van der Waals surface area contributed by atoms with Crippen molar-refractivity contribution in [3.05, 3.63) is 148 Å². The highest BCUT2D eigenvalue weighted by molar-refractivity contribution is 7.33. The molecule has 2 aliphatic heterocycles. The van der Waals surface area contributed by atoms with Crippen LogP contribution in [0.25, 0.3) is 21.2 Å². The van der Waals surface area contributed by atoms with E-state index in [-0.39, 0.29) is 33.8 Å². The van der Waals surface area contributed by atoms with Crippen LogP contribution in [0, 0.1) is 6.92 Å². The Kier molecular flexibility index (Phi) is 8.20. The first-order valence-corrected chi connectivity index (χ1v) is 23.8. The van der Waals surface area contributed by atoms with Crippen molar-refractivity contribution >= 4 is 78.0 Å². The Morgan fingerprint density at radius 3 is 1.85 bits per heavy atom. The van der Waals surface area contributed by atoms with E-state index in [1.54, 1.807) is 0 Å². The van der Waals surface area contributed by atoms with Gasteiger partial charge in [-0.05, 0) is 145 Å². The van der Waals surface area contributed by atoms with Gasteiger partial charge >= 0.3 is 0 Å². The topological polar surface area (TPSA) is 6.48 Å². The van der Waals surface area contributed by atoms with Gasteiger partial charge in [0.1, 0.15) is 0 Å². The molecule has 0 radical (unpaired) electrons. The van der Waals surface area contributed by atoms with Gasteiger partial charge < -0.3 is 9.80 Å². The Balaban J connectivity index is 1.28. The number of anilines is 6. The Morgan fingerprint density at radius 1 is 0.565 bits per heavy atom. The summed E-state index contributed by atoms with van der Waals surface area (Å²) in [7, 11) is 0. The van der Waals surface area contributed by atoms with E-state index in [4.69, 9.17) is 0 Å². The van der Waals surface area contributed by atoms with Crippen molar-refractivity contribution in [1.82, 2.24) is 0 Å². The highest BCUT2D eigenvalue weighted by Gasteiger charge is 2.49. The zero-order chi connectivity index (χ0) is 43.6. The van der Waals surface area contributed by atoms with Crippen LogP contribution in [0.15, 0.2) is 109 Å². The molecule has 11 rings (SSSR count). The highest BCUT2D eigenvalue weighted by Crippen LogP contribution is 2.57. The number of fused-ring (bicyclic) bond motifs is 10. The zero-order valence-electron chi connectivity index (χ0n) is 39.2. The normalized spacial score (nSPS) is 17.6. The van der Waals surface area contributed by atoms with Crippen LogP contribution >= 0.6 is 11.3 Å². The lowest BCUT2D eigenvalue weighted by molar-refractivity contribution is 0.332. The van der Waals surface area contributed by atoms with Crippen LogP contribution < -0.4 is 25.5 Å². The van der Waals surface area contributed by atoms with Crippen molar-refractivity contribution < 1.29 is 0 Å². The lowest BCUT2D eigenvalue weighted by Gasteiger charge is -2.47. The predicted molar refractivity (Wildman–Crippen MR) is 271 cm³/mol. The van der Waals surface area contributed by atoms with E-state index in [9.17, 15) is 0 Å². The zero-order valence-corrected chi connectivity index (χ0v) is 40.0. The third-order valence-electron chi connectivity index (χ3n) is 15.5. The minimum Gasteiger partial charge on any atom is -0.311 e. The van der Waals surface area contributed by atoms with E-state index in [0.717, 1.165) is 0 Å². The summed E-state index contributed by atoms with van der Waals surface area (Å²) in [6.07, 6.45) is 2.36. The van der Waals surface area contributed by atoms with Gasteiger partial charge in [0.2, 0.25) is 0 Å². The summed E-state index contributed by atoms with van der Waals surface area (Å²) >= 11 is 2.02. The van der Waals surface area contributed by atoms with Crippen molar-refractivity contribution in [3.8, 4) is 11.1 Å². The number of benzene rings is 6. The molecule has 0 saturated heterocycles. The maximum atomic E-state index is 2.71. The van der Waals surface area contributed by atoms with Gasteiger partial charge in [-0.15, -0.1) is 11.3 Å². The third kappa shape index (κ3) is 5.54. The van der Waals surface area contributed by atoms with E-state index in [2.05, 4.69) is 209 Å². The van der Waals surface area contributed by atoms with Crippen LogP contribution in [-0.2, 0) is 27.1 Å². The van der Waals surface area contributed by atoms with Gasteiger partial charge in [0.25, 0.3) is 6.71 Å². The van der Waals surface area contributed by atoms with E-state index in [1.807, 2.05) is 11.3 Å². The van der Waals surface area contributed by atoms with Gasteiger partial charge in [-0.25, -0.2) is 0 Å². The summed E-state index contributed by atoms with van der Waals surface area (Å²) in [4.78, 5) is 5.36. The van der Waals surface area contributed by atoms with Crippen molar-refractivity contribution in [3.63, 3.8) is 0 Å². The summed E-state index contributed by atoms with van der Waals surface area (Å²) in [6.45, 7) is 31.1. The fourth-order valence-corrected chi connectivity index (χ4v) is 13.0. The van der Waals surface area contributed by atoms with Gasteiger partial charge in [0.05, 0.1) is 11.4 Å². The molecule has 0 fully saturated rings. The maximum absolute atomic E-state index is 2.71. The molecule has 4 aliphatic rings. The predicted octanol–water partition coefficient (Wildman–Crippen LogP) is 14.5. The monoisotopic (exact) mass is 828 g/mol. The molecule has 0 saturated carbocycles. The molecule has 312 valence electrons. The Labute approximate surface area is 375 Å². The molecule has 3 heterocycles. The number of nitrogens with zero attached hydrogens (tertiary/aromatic N) is 2. The molecule has 0 bridgehead atoms. The molecular formula is C58H61BN2S. The molecule has 2 nitrogen and oxygen atoms in total. The molecule has 0 N–H and O–H groups in total. The first-order valence-electron chi connectivity index (χ1n) is 23.0. The van der Waals surface area contributed by atoms with Crippen molar-refractivity contribution in [2.45, 2.75) is 130 Å². The van der Waals surface area contributed by atoms with Crippen LogP contribution in [0.3, 0.4) is 0 Å². The largest absolute Gasteiger partial charge is 0.311 e. The molecule has 2 aliphatic carbocycles. The molecule has 4 heteroatoms. The minimum absolute atomic E-state index is 0.0248. The lowest BCUT2D eigenvalue weighted by Crippen LogP contribution is -2.61. The van der Waals surface area contributed by atoms with Gasteiger partial charge in [0, 0.05) is 48.6 Å².